The predicted molar refractivity (Wildman–Crippen MR) is 73.6 cm³/mol. The van der Waals surface area contributed by atoms with Crippen molar-refractivity contribution in [2.75, 3.05) is 13.2 Å². The lowest BCUT2D eigenvalue weighted by molar-refractivity contribution is -0.133. The third-order valence-electron chi connectivity index (χ3n) is 2.83. The predicted octanol–water partition coefficient (Wildman–Crippen LogP) is 2.91. The van der Waals surface area contributed by atoms with Crippen LogP contribution in [0.2, 0.25) is 0 Å². The van der Waals surface area contributed by atoms with Crippen molar-refractivity contribution in [1.29, 1.82) is 0 Å². The van der Waals surface area contributed by atoms with E-state index in [1.54, 1.807) is 0 Å². The molecule has 0 aliphatic rings. The SMILES string of the molecule is CCCNC(=O)C(OCC)c1ccc(C)cc1C. The Kier molecular flexibility index (Phi) is 5.86. The van der Waals surface area contributed by atoms with Crippen LogP contribution in [0.3, 0.4) is 0 Å². The maximum atomic E-state index is 12.1. The van der Waals surface area contributed by atoms with Gasteiger partial charge in [-0.3, -0.25) is 4.79 Å². The lowest BCUT2D eigenvalue weighted by Gasteiger charge is -2.19. The molecular weight excluding hydrogens is 226 g/mol. The fourth-order valence-electron chi connectivity index (χ4n) is 1.93. The minimum Gasteiger partial charge on any atom is -0.364 e. The molecule has 0 radical (unpaired) electrons. The Morgan fingerprint density at radius 3 is 2.61 bits per heavy atom. The van der Waals surface area contributed by atoms with E-state index in [1.807, 2.05) is 39.8 Å². The van der Waals surface area contributed by atoms with Gasteiger partial charge in [0.25, 0.3) is 5.91 Å². The van der Waals surface area contributed by atoms with Crippen LogP contribution in [0.5, 0.6) is 0 Å². The molecule has 0 saturated carbocycles. The highest BCUT2D eigenvalue weighted by Gasteiger charge is 2.21. The van der Waals surface area contributed by atoms with E-state index in [2.05, 4.69) is 11.4 Å². The third-order valence-corrected chi connectivity index (χ3v) is 2.83. The van der Waals surface area contributed by atoms with Crippen LogP contribution in [0.4, 0.5) is 0 Å². The van der Waals surface area contributed by atoms with Gasteiger partial charge in [0.2, 0.25) is 0 Å². The number of carbonyl (C=O) groups is 1. The highest BCUT2D eigenvalue weighted by atomic mass is 16.5. The first kappa shape index (κ1) is 14.7. The summed E-state index contributed by atoms with van der Waals surface area (Å²) in [5.41, 5.74) is 3.25. The summed E-state index contributed by atoms with van der Waals surface area (Å²) >= 11 is 0. The van der Waals surface area contributed by atoms with Crippen LogP contribution < -0.4 is 5.32 Å². The van der Waals surface area contributed by atoms with Crippen molar-refractivity contribution in [3.05, 3.63) is 34.9 Å². The summed E-state index contributed by atoms with van der Waals surface area (Å²) in [5.74, 6) is -0.0503. The molecule has 1 unspecified atom stereocenters. The number of ether oxygens (including phenoxy) is 1. The molecule has 0 aromatic heterocycles. The third kappa shape index (κ3) is 3.84. The number of aryl methyl sites for hydroxylation is 2. The molecule has 1 aromatic rings. The second-order valence-electron chi connectivity index (χ2n) is 4.49. The van der Waals surface area contributed by atoms with E-state index in [0.717, 1.165) is 17.5 Å². The second kappa shape index (κ2) is 7.17. The average molecular weight is 249 g/mol. The van der Waals surface area contributed by atoms with E-state index in [1.165, 1.54) is 5.56 Å². The summed E-state index contributed by atoms with van der Waals surface area (Å²) in [5, 5.41) is 2.89. The highest BCUT2D eigenvalue weighted by Crippen LogP contribution is 2.22. The van der Waals surface area contributed by atoms with Crippen LogP contribution in [0, 0.1) is 13.8 Å². The zero-order valence-corrected chi connectivity index (χ0v) is 11.7. The molecule has 1 aromatic carbocycles. The minimum atomic E-state index is -0.498. The largest absolute Gasteiger partial charge is 0.364 e. The van der Waals surface area contributed by atoms with Gasteiger partial charge < -0.3 is 10.1 Å². The summed E-state index contributed by atoms with van der Waals surface area (Å²) in [4.78, 5) is 12.1. The molecule has 0 spiro atoms. The molecule has 0 aliphatic carbocycles. The van der Waals surface area contributed by atoms with Crippen LogP contribution in [-0.2, 0) is 9.53 Å². The highest BCUT2D eigenvalue weighted by molar-refractivity contribution is 5.82. The van der Waals surface area contributed by atoms with E-state index >= 15 is 0 Å². The van der Waals surface area contributed by atoms with Gasteiger partial charge in [0.15, 0.2) is 6.10 Å². The van der Waals surface area contributed by atoms with E-state index in [9.17, 15) is 4.79 Å². The fourth-order valence-corrected chi connectivity index (χ4v) is 1.93. The molecule has 0 heterocycles. The number of rotatable bonds is 6. The molecule has 1 atom stereocenters. The van der Waals surface area contributed by atoms with Crippen LogP contribution in [0.25, 0.3) is 0 Å². The molecule has 0 aliphatic heterocycles. The molecule has 18 heavy (non-hydrogen) atoms. The number of benzene rings is 1. The van der Waals surface area contributed by atoms with Crippen molar-refractivity contribution in [2.24, 2.45) is 0 Å². The Hall–Kier alpha value is -1.35. The van der Waals surface area contributed by atoms with Crippen molar-refractivity contribution < 1.29 is 9.53 Å². The van der Waals surface area contributed by atoms with E-state index in [4.69, 9.17) is 4.74 Å². The lowest BCUT2D eigenvalue weighted by Crippen LogP contribution is -2.31. The Morgan fingerprint density at radius 2 is 2.06 bits per heavy atom. The molecule has 3 nitrogen and oxygen atoms in total. The molecule has 0 fully saturated rings. The van der Waals surface area contributed by atoms with Crippen LogP contribution in [0.1, 0.15) is 43.1 Å². The summed E-state index contributed by atoms with van der Waals surface area (Å²) < 4.78 is 5.60. The first-order chi connectivity index (χ1) is 8.60. The van der Waals surface area contributed by atoms with Gasteiger partial charge in [-0.1, -0.05) is 30.7 Å². The van der Waals surface area contributed by atoms with E-state index in [-0.39, 0.29) is 5.91 Å². The molecule has 0 bridgehead atoms. The summed E-state index contributed by atoms with van der Waals surface area (Å²) in [7, 11) is 0. The van der Waals surface area contributed by atoms with Gasteiger partial charge in [-0.05, 0) is 38.3 Å². The lowest BCUT2D eigenvalue weighted by atomic mass is 10.0. The van der Waals surface area contributed by atoms with E-state index in [0.29, 0.717) is 13.2 Å². The number of amides is 1. The summed E-state index contributed by atoms with van der Waals surface area (Å²) in [6.45, 7) is 9.21. The quantitative estimate of drug-likeness (QED) is 0.842. The Bertz CT molecular complexity index is 401. The van der Waals surface area contributed by atoms with Crippen molar-refractivity contribution in [3.8, 4) is 0 Å². The average Bonchev–Trinajstić information content (AvgIpc) is 2.34. The molecule has 0 saturated heterocycles. The minimum absolute atomic E-state index is 0.0503. The van der Waals surface area contributed by atoms with Crippen LogP contribution >= 0.6 is 0 Å². The van der Waals surface area contributed by atoms with Gasteiger partial charge in [0.1, 0.15) is 0 Å². The number of nitrogens with one attached hydrogen (secondary N) is 1. The summed E-state index contributed by atoms with van der Waals surface area (Å²) in [6.07, 6.45) is 0.430. The molecule has 100 valence electrons. The van der Waals surface area contributed by atoms with Crippen molar-refractivity contribution >= 4 is 5.91 Å². The first-order valence-electron chi connectivity index (χ1n) is 6.56. The first-order valence-corrected chi connectivity index (χ1v) is 6.56. The monoisotopic (exact) mass is 249 g/mol. The van der Waals surface area contributed by atoms with E-state index < -0.39 is 6.10 Å². The Balaban J connectivity index is 2.92. The van der Waals surface area contributed by atoms with Crippen molar-refractivity contribution in [1.82, 2.24) is 5.32 Å². The number of hydrogen-bond acceptors (Lipinski definition) is 2. The zero-order chi connectivity index (χ0) is 13.5. The Labute approximate surface area is 110 Å². The van der Waals surface area contributed by atoms with Crippen LogP contribution in [0.15, 0.2) is 18.2 Å². The number of carbonyl (C=O) groups excluding carboxylic acids is 1. The van der Waals surface area contributed by atoms with Gasteiger partial charge in [-0.2, -0.15) is 0 Å². The standard InChI is InChI=1S/C15H23NO2/c1-5-9-16-15(17)14(18-6-2)13-8-7-11(3)10-12(13)4/h7-8,10,14H,5-6,9H2,1-4H3,(H,16,17). The normalized spacial score (nSPS) is 12.2. The maximum absolute atomic E-state index is 12.1. The van der Waals surface area contributed by atoms with Crippen LogP contribution in [-0.4, -0.2) is 19.1 Å². The smallest absolute Gasteiger partial charge is 0.253 e. The van der Waals surface area contributed by atoms with Gasteiger partial charge in [0.05, 0.1) is 0 Å². The van der Waals surface area contributed by atoms with Crippen molar-refractivity contribution in [3.63, 3.8) is 0 Å². The topological polar surface area (TPSA) is 38.3 Å². The van der Waals surface area contributed by atoms with Gasteiger partial charge in [-0.15, -0.1) is 0 Å². The van der Waals surface area contributed by atoms with Gasteiger partial charge in [-0.25, -0.2) is 0 Å². The Morgan fingerprint density at radius 1 is 1.33 bits per heavy atom. The maximum Gasteiger partial charge on any atom is 0.253 e. The summed E-state index contributed by atoms with van der Waals surface area (Å²) in [6, 6.07) is 6.08. The molecule has 3 heteroatoms. The fraction of sp³-hybridized carbons (Fsp3) is 0.533. The second-order valence-corrected chi connectivity index (χ2v) is 4.49. The zero-order valence-electron chi connectivity index (χ0n) is 11.7. The van der Waals surface area contributed by atoms with Gasteiger partial charge >= 0.3 is 0 Å². The molecular formula is C15H23NO2. The number of hydrogen-bond donors (Lipinski definition) is 1. The molecule has 1 rings (SSSR count). The van der Waals surface area contributed by atoms with Crippen molar-refractivity contribution in [2.45, 2.75) is 40.2 Å². The van der Waals surface area contributed by atoms with Gasteiger partial charge in [0, 0.05) is 13.2 Å². The molecule has 1 amide bonds. The molecule has 1 N–H and O–H groups in total.